The Hall–Kier alpha value is -1.21. The van der Waals surface area contributed by atoms with Crippen molar-refractivity contribution in [2.24, 2.45) is 5.73 Å². The molecule has 0 saturated heterocycles. The summed E-state index contributed by atoms with van der Waals surface area (Å²) in [7, 11) is 0. The Morgan fingerprint density at radius 1 is 1.22 bits per heavy atom. The summed E-state index contributed by atoms with van der Waals surface area (Å²) in [6, 6.07) is 8.18. The summed E-state index contributed by atoms with van der Waals surface area (Å²) in [6.45, 7) is 1.95. The average molecular weight is 355 g/mol. The molecule has 2 aromatic rings. The van der Waals surface area contributed by atoms with Gasteiger partial charge in [-0.05, 0) is 65.8 Å². The molecule has 2 rings (SSSR count). The fourth-order valence-corrected chi connectivity index (χ4v) is 1.84. The van der Waals surface area contributed by atoms with Crippen molar-refractivity contribution >= 4 is 22.6 Å². The number of ether oxygens (including phenoxy) is 1. The Morgan fingerprint density at radius 2 is 1.83 bits per heavy atom. The molecule has 0 aliphatic carbocycles. The molecular formula is C13H14IN3O. The van der Waals surface area contributed by atoms with Crippen LogP contribution in [0.1, 0.15) is 12.5 Å². The predicted octanol–water partition coefficient (Wildman–Crippen LogP) is 2.76. The van der Waals surface area contributed by atoms with Crippen molar-refractivity contribution < 1.29 is 4.74 Å². The second kappa shape index (κ2) is 6.10. The van der Waals surface area contributed by atoms with Gasteiger partial charge in [-0.25, -0.2) is 9.97 Å². The third-order valence-electron chi connectivity index (χ3n) is 2.26. The van der Waals surface area contributed by atoms with Gasteiger partial charge in [-0.2, -0.15) is 0 Å². The molecule has 1 heterocycles. The standard InChI is InChI=1S/C13H14IN3O/c1-9(15)6-10-7-16-13(17-8-10)18-12-4-2-11(14)3-5-12/h2-5,7-9H,6,15H2,1H3. The van der Waals surface area contributed by atoms with E-state index in [0.717, 1.165) is 21.3 Å². The van der Waals surface area contributed by atoms with Gasteiger partial charge in [0.2, 0.25) is 0 Å². The molecule has 2 N–H and O–H groups in total. The molecule has 0 spiro atoms. The summed E-state index contributed by atoms with van der Waals surface area (Å²) in [5, 5.41) is 0. The molecule has 94 valence electrons. The van der Waals surface area contributed by atoms with Crippen LogP contribution >= 0.6 is 22.6 Å². The molecule has 5 heteroatoms. The highest BCUT2D eigenvalue weighted by Crippen LogP contribution is 2.18. The SMILES string of the molecule is CC(N)Cc1cnc(Oc2ccc(I)cc2)nc1. The van der Waals surface area contributed by atoms with E-state index >= 15 is 0 Å². The highest BCUT2D eigenvalue weighted by molar-refractivity contribution is 14.1. The van der Waals surface area contributed by atoms with E-state index in [4.69, 9.17) is 10.5 Å². The highest BCUT2D eigenvalue weighted by atomic mass is 127. The molecule has 18 heavy (non-hydrogen) atoms. The van der Waals surface area contributed by atoms with E-state index in [2.05, 4.69) is 32.6 Å². The van der Waals surface area contributed by atoms with Crippen molar-refractivity contribution in [1.82, 2.24) is 9.97 Å². The van der Waals surface area contributed by atoms with Gasteiger partial charge in [0, 0.05) is 22.0 Å². The number of benzene rings is 1. The maximum absolute atomic E-state index is 5.71. The molecule has 0 bridgehead atoms. The molecule has 0 fully saturated rings. The van der Waals surface area contributed by atoms with Gasteiger partial charge in [0.15, 0.2) is 0 Å². The van der Waals surface area contributed by atoms with Gasteiger partial charge in [0.1, 0.15) is 5.75 Å². The van der Waals surface area contributed by atoms with Gasteiger partial charge in [-0.3, -0.25) is 0 Å². The number of aromatic nitrogens is 2. The zero-order valence-electron chi connectivity index (χ0n) is 10.0. The topological polar surface area (TPSA) is 61.0 Å². The normalized spacial score (nSPS) is 12.2. The lowest BCUT2D eigenvalue weighted by atomic mass is 10.1. The summed E-state index contributed by atoms with van der Waals surface area (Å²) < 4.78 is 6.70. The minimum atomic E-state index is 0.108. The summed E-state index contributed by atoms with van der Waals surface area (Å²) in [5.41, 5.74) is 6.73. The fourth-order valence-electron chi connectivity index (χ4n) is 1.48. The first-order valence-electron chi connectivity index (χ1n) is 5.63. The molecule has 0 amide bonds. The summed E-state index contributed by atoms with van der Waals surface area (Å²) in [6.07, 6.45) is 4.26. The quantitative estimate of drug-likeness (QED) is 0.857. The highest BCUT2D eigenvalue weighted by Gasteiger charge is 2.02. The Balaban J connectivity index is 2.04. The molecule has 1 unspecified atom stereocenters. The van der Waals surface area contributed by atoms with E-state index in [9.17, 15) is 0 Å². The Labute approximate surface area is 120 Å². The van der Waals surface area contributed by atoms with E-state index in [1.807, 2.05) is 31.2 Å². The number of nitrogens with two attached hydrogens (primary N) is 1. The summed E-state index contributed by atoms with van der Waals surface area (Å²) >= 11 is 2.24. The van der Waals surface area contributed by atoms with E-state index < -0.39 is 0 Å². The Bertz CT molecular complexity index is 497. The zero-order valence-corrected chi connectivity index (χ0v) is 12.2. The lowest BCUT2D eigenvalue weighted by molar-refractivity contribution is 0.440. The van der Waals surface area contributed by atoms with Crippen LogP contribution in [0.2, 0.25) is 0 Å². The molecular weight excluding hydrogens is 341 g/mol. The van der Waals surface area contributed by atoms with E-state index in [0.29, 0.717) is 6.01 Å². The van der Waals surface area contributed by atoms with E-state index in [1.165, 1.54) is 0 Å². The van der Waals surface area contributed by atoms with E-state index in [1.54, 1.807) is 12.4 Å². The zero-order chi connectivity index (χ0) is 13.0. The fraction of sp³-hybridized carbons (Fsp3) is 0.231. The molecule has 4 nitrogen and oxygen atoms in total. The predicted molar refractivity (Wildman–Crippen MR) is 78.6 cm³/mol. The first kappa shape index (κ1) is 13.2. The van der Waals surface area contributed by atoms with Crippen molar-refractivity contribution in [3.8, 4) is 11.8 Å². The van der Waals surface area contributed by atoms with Gasteiger partial charge < -0.3 is 10.5 Å². The molecule has 0 saturated carbocycles. The van der Waals surface area contributed by atoms with Crippen LogP contribution < -0.4 is 10.5 Å². The first-order chi connectivity index (χ1) is 8.63. The smallest absolute Gasteiger partial charge is 0.321 e. The van der Waals surface area contributed by atoms with Crippen LogP contribution in [0.15, 0.2) is 36.7 Å². The van der Waals surface area contributed by atoms with Gasteiger partial charge in [0.05, 0.1) is 0 Å². The van der Waals surface area contributed by atoms with Crippen LogP contribution in [0.4, 0.5) is 0 Å². The number of rotatable bonds is 4. The minimum absolute atomic E-state index is 0.108. The molecule has 1 aromatic carbocycles. The molecule has 0 aliphatic heterocycles. The molecule has 0 aliphatic rings. The maximum atomic E-state index is 5.71. The largest absolute Gasteiger partial charge is 0.424 e. The van der Waals surface area contributed by atoms with Crippen LogP contribution in [0, 0.1) is 3.57 Å². The van der Waals surface area contributed by atoms with Crippen LogP contribution in [-0.4, -0.2) is 16.0 Å². The number of nitrogens with zero attached hydrogens (tertiary/aromatic N) is 2. The monoisotopic (exact) mass is 355 g/mol. The maximum Gasteiger partial charge on any atom is 0.321 e. The van der Waals surface area contributed by atoms with Crippen LogP contribution in [0.25, 0.3) is 0 Å². The average Bonchev–Trinajstić information content (AvgIpc) is 2.34. The summed E-state index contributed by atoms with van der Waals surface area (Å²) in [5.74, 6) is 0.732. The van der Waals surface area contributed by atoms with Crippen LogP contribution in [-0.2, 0) is 6.42 Å². The van der Waals surface area contributed by atoms with Crippen molar-refractivity contribution in [2.45, 2.75) is 19.4 Å². The van der Waals surface area contributed by atoms with Crippen molar-refractivity contribution in [3.05, 3.63) is 45.8 Å². The number of hydrogen-bond donors (Lipinski definition) is 1. The second-order valence-electron chi connectivity index (χ2n) is 4.11. The molecule has 1 aromatic heterocycles. The van der Waals surface area contributed by atoms with Crippen molar-refractivity contribution in [3.63, 3.8) is 0 Å². The Morgan fingerprint density at radius 3 is 2.39 bits per heavy atom. The van der Waals surface area contributed by atoms with Gasteiger partial charge in [-0.15, -0.1) is 0 Å². The van der Waals surface area contributed by atoms with Crippen molar-refractivity contribution in [1.29, 1.82) is 0 Å². The number of hydrogen-bond acceptors (Lipinski definition) is 4. The lowest BCUT2D eigenvalue weighted by Gasteiger charge is -2.06. The van der Waals surface area contributed by atoms with Crippen LogP contribution in [0.3, 0.4) is 0 Å². The van der Waals surface area contributed by atoms with Crippen LogP contribution in [0.5, 0.6) is 11.8 Å². The van der Waals surface area contributed by atoms with E-state index in [-0.39, 0.29) is 6.04 Å². The van der Waals surface area contributed by atoms with Crippen molar-refractivity contribution in [2.75, 3.05) is 0 Å². The summed E-state index contributed by atoms with van der Waals surface area (Å²) in [4.78, 5) is 8.32. The number of halogens is 1. The first-order valence-corrected chi connectivity index (χ1v) is 6.71. The third-order valence-corrected chi connectivity index (χ3v) is 2.98. The van der Waals surface area contributed by atoms with Gasteiger partial charge in [0.25, 0.3) is 0 Å². The van der Waals surface area contributed by atoms with Gasteiger partial charge in [-0.1, -0.05) is 0 Å². The lowest BCUT2D eigenvalue weighted by Crippen LogP contribution is -2.17. The Kier molecular flexibility index (Phi) is 4.48. The minimum Gasteiger partial charge on any atom is -0.424 e. The molecule has 0 radical (unpaired) electrons. The molecule has 1 atom stereocenters. The second-order valence-corrected chi connectivity index (χ2v) is 5.36. The third kappa shape index (κ3) is 3.92. The van der Waals surface area contributed by atoms with Gasteiger partial charge >= 0.3 is 6.01 Å².